The lowest BCUT2D eigenvalue weighted by Crippen LogP contribution is -2.37. The van der Waals surface area contributed by atoms with E-state index in [1.165, 1.54) is 13.0 Å². The Morgan fingerprint density at radius 2 is 1.68 bits per heavy atom. The lowest BCUT2D eigenvalue weighted by Gasteiger charge is -2.31. The first-order valence-corrected chi connectivity index (χ1v) is 9.63. The molecule has 0 bridgehead atoms. The Kier molecular flexibility index (Phi) is 6.65. The number of rotatable bonds is 5. The van der Waals surface area contributed by atoms with E-state index in [4.69, 9.17) is 11.6 Å². The molecule has 2 N–H and O–H groups in total. The van der Waals surface area contributed by atoms with E-state index in [0.717, 1.165) is 25.9 Å². The van der Waals surface area contributed by atoms with Crippen molar-refractivity contribution in [1.29, 1.82) is 0 Å². The maximum absolute atomic E-state index is 14.0. The molecular formula is C21H23ClFN3O2. The van der Waals surface area contributed by atoms with Crippen LogP contribution in [0.5, 0.6) is 0 Å². The number of carbonyl (C=O) groups is 2. The molecule has 0 radical (unpaired) electrons. The Morgan fingerprint density at radius 1 is 1.07 bits per heavy atom. The molecule has 2 aromatic carbocycles. The summed E-state index contributed by atoms with van der Waals surface area (Å²) in [5, 5.41) is 6.01. The van der Waals surface area contributed by atoms with Crippen LogP contribution in [0.3, 0.4) is 0 Å². The summed E-state index contributed by atoms with van der Waals surface area (Å²) >= 11 is 5.79. The largest absolute Gasteiger partial charge is 0.326 e. The van der Waals surface area contributed by atoms with Crippen LogP contribution in [0.4, 0.5) is 15.8 Å². The summed E-state index contributed by atoms with van der Waals surface area (Å²) in [5.74, 6) is -0.511. The van der Waals surface area contributed by atoms with Crippen LogP contribution >= 0.6 is 11.6 Å². The Morgan fingerprint density at radius 3 is 2.25 bits per heavy atom. The van der Waals surface area contributed by atoms with Crippen LogP contribution in [-0.2, 0) is 16.1 Å². The molecule has 0 aliphatic carbocycles. The van der Waals surface area contributed by atoms with Gasteiger partial charge in [0.2, 0.25) is 11.8 Å². The molecule has 0 atom stereocenters. The highest BCUT2D eigenvalue weighted by molar-refractivity contribution is 6.30. The van der Waals surface area contributed by atoms with Gasteiger partial charge in [0.25, 0.3) is 0 Å². The van der Waals surface area contributed by atoms with Gasteiger partial charge in [0.15, 0.2) is 0 Å². The van der Waals surface area contributed by atoms with E-state index >= 15 is 0 Å². The number of amides is 2. The third-order valence-electron chi connectivity index (χ3n) is 4.84. The van der Waals surface area contributed by atoms with Gasteiger partial charge in [-0.3, -0.25) is 14.5 Å². The third kappa shape index (κ3) is 5.53. The molecule has 0 saturated carbocycles. The summed E-state index contributed by atoms with van der Waals surface area (Å²) in [7, 11) is 0. The maximum atomic E-state index is 14.0. The van der Waals surface area contributed by atoms with Crippen molar-refractivity contribution in [3.63, 3.8) is 0 Å². The standard InChI is InChI=1S/C21H23ClFN3O2/c1-14(27)24-18-4-6-19(7-5-18)25-21(28)15-8-10-26(11-9-15)13-16-2-3-17(22)12-20(16)23/h2-7,12,15H,8-11,13H2,1H3,(H,24,27)(H,25,28). The predicted octanol–water partition coefficient (Wildman–Crippen LogP) is 4.29. The van der Waals surface area contributed by atoms with E-state index in [9.17, 15) is 14.0 Å². The van der Waals surface area contributed by atoms with Crippen molar-refractivity contribution in [1.82, 2.24) is 4.90 Å². The van der Waals surface area contributed by atoms with Crippen LogP contribution < -0.4 is 10.6 Å². The summed E-state index contributed by atoms with van der Waals surface area (Å²) in [6.07, 6.45) is 1.45. The molecule has 1 aliphatic rings. The quantitative estimate of drug-likeness (QED) is 0.782. The van der Waals surface area contributed by atoms with E-state index in [1.54, 1.807) is 36.4 Å². The zero-order valence-electron chi connectivity index (χ0n) is 15.7. The van der Waals surface area contributed by atoms with Crippen molar-refractivity contribution >= 4 is 34.8 Å². The van der Waals surface area contributed by atoms with E-state index < -0.39 is 0 Å². The zero-order valence-corrected chi connectivity index (χ0v) is 16.4. The smallest absolute Gasteiger partial charge is 0.227 e. The minimum absolute atomic E-state index is 0.00963. The van der Waals surface area contributed by atoms with Gasteiger partial charge in [-0.2, -0.15) is 0 Å². The first-order chi connectivity index (χ1) is 13.4. The molecule has 0 aromatic heterocycles. The van der Waals surface area contributed by atoms with Gasteiger partial charge >= 0.3 is 0 Å². The second kappa shape index (κ2) is 9.17. The third-order valence-corrected chi connectivity index (χ3v) is 5.08. The number of halogens is 2. The van der Waals surface area contributed by atoms with Crippen LogP contribution in [0.1, 0.15) is 25.3 Å². The normalized spacial score (nSPS) is 15.2. The van der Waals surface area contributed by atoms with E-state index in [0.29, 0.717) is 28.5 Å². The second-order valence-electron chi connectivity index (χ2n) is 7.03. The molecule has 148 valence electrons. The lowest BCUT2D eigenvalue weighted by molar-refractivity contribution is -0.121. The minimum Gasteiger partial charge on any atom is -0.326 e. The molecule has 0 unspecified atom stereocenters. The highest BCUT2D eigenvalue weighted by atomic mass is 35.5. The number of carbonyl (C=O) groups excluding carboxylic acids is 2. The average Bonchev–Trinajstić information content (AvgIpc) is 2.66. The van der Waals surface area contributed by atoms with Gasteiger partial charge < -0.3 is 10.6 Å². The molecule has 3 rings (SSSR count). The summed E-state index contributed by atoms with van der Waals surface area (Å²) in [5.41, 5.74) is 2.00. The number of hydrogen-bond donors (Lipinski definition) is 2. The van der Waals surface area contributed by atoms with Gasteiger partial charge in [-0.1, -0.05) is 17.7 Å². The number of nitrogens with one attached hydrogen (secondary N) is 2. The number of benzene rings is 2. The second-order valence-corrected chi connectivity index (χ2v) is 7.47. The molecular weight excluding hydrogens is 381 g/mol. The maximum Gasteiger partial charge on any atom is 0.227 e. The fraction of sp³-hybridized carbons (Fsp3) is 0.333. The van der Waals surface area contributed by atoms with Gasteiger partial charge in [-0.15, -0.1) is 0 Å². The molecule has 0 spiro atoms. The Labute approximate surface area is 168 Å². The fourth-order valence-corrected chi connectivity index (χ4v) is 3.49. The molecule has 7 heteroatoms. The molecule has 1 aliphatic heterocycles. The predicted molar refractivity (Wildman–Crippen MR) is 109 cm³/mol. The van der Waals surface area contributed by atoms with Crippen molar-refractivity contribution in [2.45, 2.75) is 26.3 Å². The van der Waals surface area contributed by atoms with Gasteiger partial charge in [-0.05, 0) is 62.3 Å². The van der Waals surface area contributed by atoms with Crippen molar-refractivity contribution < 1.29 is 14.0 Å². The summed E-state index contributed by atoms with van der Waals surface area (Å²) in [6, 6.07) is 11.8. The highest BCUT2D eigenvalue weighted by Crippen LogP contribution is 2.23. The van der Waals surface area contributed by atoms with E-state index in [1.807, 2.05) is 0 Å². The van der Waals surface area contributed by atoms with E-state index in [2.05, 4.69) is 15.5 Å². The first kappa shape index (κ1) is 20.3. The highest BCUT2D eigenvalue weighted by Gasteiger charge is 2.25. The molecule has 5 nitrogen and oxygen atoms in total. The number of piperidine rings is 1. The number of likely N-dealkylation sites (tertiary alicyclic amines) is 1. The monoisotopic (exact) mass is 403 g/mol. The molecule has 1 saturated heterocycles. The molecule has 2 aromatic rings. The van der Waals surface area contributed by atoms with Gasteiger partial charge in [-0.25, -0.2) is 4.39 Å². The van der Waals surface area contributed by atoms with Gasteiger partial charge in [0, 0.05) is 41.3 Å². The number of hydrogen-bond acceptors (Lipinski definition) is 3. The Bertz CT molecular complexity index is 849. The van der Waals surface area contributed by atoms with E-state index in [-0.39, 0.29) is 23.5 Å². The zero-order chi connectivity index (χ0) is 20.1. The summed E-state index contributed by atoms with van der Waals surface area (Å²) in [6.45, 7) is 3.44. The first-order valence-electron chi connectivity index (χ1n) is 9.25. The van der Waals surface area contributed by atoms with Crippen molar-refractivity contribution in [2.24, 2.45) is 5.92 Å². The summed E-state index contributed by atoms with van der Waals surface area (Å²) in [4.78, 5) is 25.7. The number of anilines is 2. The minimum atomic E-state index is -0.296. The van der Waals surface area contributed by atoms with Crippen LogP contribution in [-0.4, -0.2) is 29.8 Å². The fourth-order valence-electron chi connectivity index (χ4n) is 3.33. The van der Waals surface area contributed by atoms with Crippen LogP contribution in [0.15, 0.2) is 42.5 Å². The Balaban J connectivity index is 1.49. The molecule has 1 fully saturated rings. The molecule has 28 heavy (non-hydrogen) atoms. The lowest BCUT2D eigenvalue weighted by atomic mass is 9.95. The number of nitrogens with zero attached hydrogens (tertiary/aromatic N) is 1. The van der Waals surface area contributed by atoms with Gasteiger partial charge in [0.1, 0.15) is 5.82 Å². The summed E-state index contributed by atoms with van der Waals surface area (Å²) < 4.78 is 14.0. The van der Waals surface area contributed by atoms with Crippen LogP contribution in [0, 0.1) is 11.7 Å². The molecule has 1 heterocycles. The van der Waals surface area contributed by atoms with Crippen molar-refractivity contribution in [3.8, 4) is 0 Å². The topological polar surface area (TPSA) is 61.4 Å². The SMILES string of the molecule is CC(=O)Nc1ccc(NC(=O)C2CCN(Cc3ccc(Cl)cc3F)CC2)cc1. The average molecular weight is 404 g/mol. The van der Waals surface area contributed by atoms with Gasteiger partial charge in [0.05, 0.1) is 0 Å². The van der Waals surface area contributed by atoms with Crippen molar-refractivity contribution in [2.75, 3.05) is 23.7 Å². The molecule has 2 amide bonds. The van der Waals surface area contributed by atoms with Crippen LogP contribution in [0.25, 0.3) is 0 Å². The van der Waals surface area contributed by atoms with Crippen molar-refractivity contribution in [3.05, 3.63) is 58.9 Å². The van der Waals surface area contributed by atoms with Crippen LogP contribution in [0.2, 0.25) is 5.02 Å². The Hall–Kier alpha value is -2.44.